The summed E-state index contributed by atoms with van der Waals surface area (Å²) in [5.41, 5.74) is 27.0. The molecule has 0 saturated carbocycles. The van der Waals surface area contributed by atoms with Crippen LogP contribution in [0.5, 0.6) is 0 Å². The molecule has 1 aromatic rings. The number of nitrogens with one attached hydrogen (secondary N) is 1. The third kappa shape index (κ3) is 4.58. The van der Waals surface area contributed by atoms with E-state index in [2.05, 4.69) is 4.99 Å². The third-order valence-corrected chi connectivity index (χ3v) is 1.72. The number of fused-ring (bicyclic) bond motifs is 1. The van der Waals surface area contributed by atoms with Gasteiger partial charge in [0, 0.05) is 12.1 Å². The molecule has 0 saturated heterocycles. The van der Waals surface area contributed by atoms with E-state index in [1.165, 1.54) is 15.9 Å². The molecule has 0 atom stereocenters. The summed E-state index contributed by atoms with van der Waals surface area (Å²) in [5, 5.41) is 1.46. The van der Waals surface area contributed by atoms with Gasteiger partial charge in [-0.25, -0.2) is 4.79 Å². The molecule has 1 aromatic carbocycles. The van der Waals surface area contributed by atoms with Crippen LogP contribution in [0, 0.1) is 0 Å². The first kappa shape index (κ1) is 14.8. The molecule has 18 heavy (non-hydrogen) atoms. The fourth-order valence-electron chi connectivity index (χ4n) is 1.13. The predicted molar refractivity (Wildman–Crippen MR) is 60.4 cm³/mol. The van der Waals surface area contributed by atoms with Crippen LogP contribution < -0.4 is 15.6 Å². The number of nitrogens with zero attached hydrogens (tertiary/aromatic N) is 6. The van der Waals surface area contributed by atoms with Crippen molar-refractivity contribution in [2.75, 3.05) is 0 Å². The van der Waals surface area contributed by atoms with E-state index in [1.807, 2.05) is 12.1 Å². The SMILES string of the molecule is O=C1C=c2ccccc2=[NH+]C1=O.[N-]=[N+]=[N-].[N-]=[N+]=[N-]. The Balaban J connectivity index is 0.000000414. The van der Waals surface area contributed by atoms with E-state index in [-0.39, 0.29) is 0 Å². The molecule has 1 N–H and O–H groups in total. The zero-order valence-corrected chi connectivity index (χ0v) is 8.89. The smallest absolute Gasteiger partial charge is 0.373 e. The van der Waals surface area contributed by atoms with Crippen LogP contribution in [0.1, 0.15) is 0 Å². The van der Waals surface area contributed by atoms with Gasteiger partial charge in [-0.2, -0.15) is 4.99 Å². The van der Waals surface area contributed by atoms with Crippen molar-refractivity contribution in [3.05, 3.63) is 66.8 Å². The number of carbonyl (C=O) groups excluding carboxylic acids is 2. The van der Waals surface area contributed by atoms with Gasteiger partial charge in [-0.3, -0.25) is 14.6 Å². The van der Waals surface area contributed by atoms with Gasteiger partial charge in [0.15, 0.2) is 0 Å². The van der Waals surface area contributed by atoms with E-state index in [0.717, 1.165) is 5.22 Å². The number of rotatable bonds is 0. The van der Waals surface area contributed by atoms with Crippen LogP contribution in [0.15, 0.2) is 24.3 Å². The molecule has 0 aliphatic carbocycles. The zero-order chi connectivity index (χ0) is 14.0. The van der Waals surface area contributed by atoms with Crippen LogP contribution in [-0.4, -0.2) is 11.7 Å². The van der Waals surface area contributed by atoms with Crippen LogP contribution in [-0.2, 0) is 9.59 Å². The second-order valence-electron chi connectivity index (χ2n) is 2.73. The minimum Gasteiger partial charge on any atom is -0.373 e. The molecule has 1 heterocycles. The summed E-state index contributed by atoms with van der Waals surface area (Å²) >= 11 is 0. The number of amides is 1. The Bertz CT molecular complexity index is 580. The molecule has 0 bridgehead atoms. The summed E-state index contributed by atoms with van der Waals surface area (Å²) in [7, 11) is 0. The third-order valence-electron chi connectivity index (χ3n) is 1.72. The first-order valence-corrected chi connectivity index (χ1v) is 4.36. The zero-order valence-electron chi connectivity index (χ0n) is 8.89. The van der Waals surface area contributed by atoms with Crippen molar-refractivity contribution in [1.82, 2.24) is 0 Å². The van der Waals surface area contributed by atoms with Gasteiger partial charge in [0.1, 0.15) is 0 Å². The normalized spacial score (nSPS) is 10.7. The lowest BCUT2D eigenvalue weighted by atomic mass is 10.2. The summed E-state index contributed by atoms with van der Waals surface area (Å²) < 4.78 is 0. The first-order valence-electron chi connectivity index (χ1n) is 4.36. The number of ketones is 1. The van der Waals surface area contributed by atoms with E-state index in [9.17, 15) is 9.59 Å². The fraction of sp³-hybridized carbons (Fsp3) is 0. The molecular formula is C9H6N7O2-. The Morgan fingerprint density at radius 2 is 1.44 bits per heavy atom. The van der Waals surface area contributed by atoms with Gasteiger partial charge in [-0.05, 0) is 6.07 Å². The fourth-order valence-corrected chi connectivity index (χ4v) is 1.13. The number of benzene rings is 1. The topological polar surface area (TPSA) is 166 Å². The number of hydrogen-bond acceptors (Lipinski definition) is 2. The second-order valence-corrected chi connectivity index (χ2v) is 2.73. The molecule has 1 aliphatic heterocycles. The predicted octanol–water partition coefficient (Wildman–Crippen LogP) is -0.991. The molecule has 2 rings (SSSR count). The van der Waals surface area contributed by atoms with E-state index in [4.69, 9.17) is 22.1 Å². The number of Topliss-reactive ketones (excluding diaryl/α,β-unsaturated/α-hetero) is 1. The maximum Gasteiger partial charge on any atom is 0.458 e. The minimum absolute atomic E-state index is 0.492. The molecule has 9 heteroatoms. The molecule has 0 aromatic heterocycles. The highest BCUT2D eigenvalue weighted by molar-refractivity contribution is 6.44. The number of hydrogen-bond donors (Lipinski definition) is 1. The quantitative estimate of drug-likeness (QED) is 0.268. The molecule has 0 unspecified atom stereocenters. The van der Waals surface area contributed by atoms with E-state index in [1.54, 1.807) is 12.1 Å². The van der Waals surface area contributed by atoms with E-state index in [0.29, 0.717) is 5.36 Å². The summed E-state index contributed by atoms with van der Waals surface area (Å²) in [6.07, 6.45) is 1.34. The number of carbonyl (C=O) groups is 2. The summed E-state index contributed by atoms with van der Waals surface area (Å²) in [4.78, 5) is 27.2. The summed E-state index contributed by atoms with van der Waals surface area (Å²) in [6.45, 7) is 0. The van der Waals surface area contributed by atoms with Crippen molar-refractivity contribution in [3.8, 4) is 0 Å². The first-order chi connectivity index (χ1) is 8.60. The molecular weight excluding hydrogens is 238 g/mol. The molecule has 1 aliphatic rings. The van der Waals surface area contributed by atoms with Crippen molar-refractivity contribution < 1.29 is 14.6 Å². The highest BCUT2D eigenvalue weighted by Crippen LogP contribution is 1.74. The monoisotopic (exact) mass is 244 g/mol. The average molecular weight is 244 g/mol. The standard InChI is InChI=1S/C9H5NO2.2N3/c11-8-5-6-3-1-2-4-7(6)10-9(8)12;2*1-3-2/h1-5H;;/q;2*-1/p+1. The van der Waals surface area contributed by atoms with Crippen molar-refractivity contribution >= 4 is 17.8 Å². The summed E-state index contributed by atoms with van der Waals surface area (Å²) in [6, 6.07) is 7.17. The Morgan fingerprint density at radius 1 is 0.944 bits per heavy atom. The average Bonchev–Trinajstić information content (AvgIpc) is 2.33. The van der Waals surface area contributed by atoms with Gasteiger partial charge in [0.05, 0.1) is 5.22 Å². The molecule has 90 valence electrons. The van der Waals surface area contributed by atoms with Crippen LogP contribution in [0.25, 0.3) is 38.0 Å². The van der Waals surface area contributed by atoms with Crippen LogP contribution in [0.2, 0.25) is 0 Å². The van der Waals surface area contributed by atoms with Crippen LogP contribution >= 0.6 is 0 Å². The lowest BCUT2D eigenvalue weighted by Gasteiger charge is -1.89. The van der Waals surface area contributed by atoms with Crippen LogP contribution in [0.4, 0.5) is 0 Å². The second kappa shape index (κ2) is 8.05. The van der Waals surface area contributed by atoms with Gasteiger partial charge in [-0.15, -0.1) is 0 Å². The maximum atomic E-state index is 10.9. The van der Waals surface area contributed by atoms with Gasteiger partial charge < -0.3 is 22.1 Å². The van der Waals surface area contributed by atoms with Gasteiger partial charge >= 0.3 is 5.91 Å². The Morgan fingerprint density at radius 3 is 2.00 bits per heavy atom. The maximum absolute atomic E-state index is 10.9. The largest absolute Gasteiger partial charge is 0.458 e. The van der Waals surface area contributed by atoms with Crippen molar-refractivity contribution in [3.63, 3.8) is 0 Å². The Hall–Kier alpha value is -3.15. The van der Waals surface area contributed by atoms with Gasteiger partial charge in [0.2, 0.25) is 5.36 Å². The molecule has 0 spiro atoms. The van der Waals surface area contributed by atoms with E-state index >= 15 is 0 Å². The van der Waals surface area contributed by atoms with Gasteiger partial charge in [0.25, 0.3) is 5.78 Å². The summed E-state index contributed by atoms with van der Waals surface area (Å²) in [5.74, 6) is -1.05. The van der Waals surface area contributed by atoms with Crippen molar-refractivity contribution in [2.24, 2.45) is 0 Å². The molecule has 0 radical (unpaired) electrons. The molecule has 9 nitrogen and oxygen atoms in total. The van der Waals surface area contributed by atoms with E-state index < -0.39 is 11.7 Å². The van der Waals surface area contributed by atoms with Crippen LogP contribution in [0.3, 0.4) is 0 Å². The van der Waals surface area contributed by atoms with Crippen molar-refractivity contribution in [1.29, 1.82) is 0 Å². The Labute approximate surface area is 99.9 Å². The molecule has 1 amide bonds. The lowest BCUT2D eigenvalue weighted by Crippen LogP contribution is -2.86. The van der Waals surface area contributed by atoms with Gasteiger partial charge in [-0.1, -0.05) is 12.1 Å². The highest BCUT2D eigenvalue weighted by atomic mass is 16.2. The lowest BCUT2D eigenvalue weighted by molar-refractivity contribution is -0.412. The molecule has 0 fully saturated rings. The number of para-hydroxylation sites is 1. The Kier molecular flexibility index (Phi) is 6.65. The van der Waals surface area contributed by atoms with Crippen molar-refractivity contribution in [2.45, 2.75) is 0 Å². The minimum atomic E-state index is -0.561. The highest BCUT2D eigenvalue weighted by Gasteiger charge is 2.19.